The lowest BCUT2D eigenvalue weighted by Gasteiger charge is -2.13. The van der Waals surface area contributed by atoms with Crippen LogP contribution in [0.15, 0.2) is 42.5 Å². The van der Waals surface area contributed by atoms with E-state index in [0.717, 1.165) is 16.2 Å². The van der Waals surface area contributed by atoms with Crippen molar-refractivity contribution in [1.82, 2.24) is 9.47 Å². The number of ketones is 1. The summed E-state index contributed by atoms with van der Waals surface area (Å²) in [5.41, 5.74) is 2.05. The van der Waals surface area contributed by atoms with Gasteiger partial charge in [0.25, 0.3) is 17.5 Å². The summed E-state index contributed by atoms with van der Waals surface area (Å²) >= 11 is 0. The molecule has 2 aliphatic rings. The second kappa shape index (κ2) is 7.84. The molecule has 0 unspecified atom stereocenters. The third kappa shape index (κ3) is 3.31. The number of benzene rings is 2. The molecule has 2 aromatic carbocycles. The lowest BCUT2D eigenvalue weighted by Crippen LogP contribution is -2.35. The Morgan fingerprint density at radius 1 is 1.06 bits per heavy atom. The van der Waals surface area contributed by atoms with Gasteiger partial charge in [0.15, 0.2) is 17.3 Å². The number of fused-ring (bicyclic) bond motifs is 2. The van der Waals surface area contributed by atoms with E-state index in [1.807, 2.05) is 29.7 Å². The number of carbonyl (C=O) groups excluding carboxylic acids is 3. The van der Waals surface area contributed by atoms with E-state index in [0.29, 0.717) is 29.3 Å². The minimum atomic E-state index is -0.838. The molecule has 2 amide bonds. The predicted molar refractivity (Wildman–Crippen MR) is 118 cm³/mol. The third-order valence-electron chi connectivity index (χ3n) is 6.13. The second-order valence-corrected chi connectivity index (χ2v) is 8.13. The fourth-order valence-electron chi connectivity index (χ4n) is 4.39. The summed E-state index contributed by atoms with van der Waals surface area (Å²) in [5.74, 6) is -0.638. The van der Waals surface area contributed by atoms with Gasteiger partial charge in [-0.1, -0.05) is 12.1 Å². The van der Waals surface area contributed by atoms with Crippen molar-refractivity contribution in [3.63, 3.8) is 0 Å². The molecule has 10 heteroatoms. The topological polar surface area (TPSA) is 121 Å². The number of hydrogen-bond acceptors (Lipinski definition) is 7. The molecule has 10 nitrogen and oxygen atoms in total. The van der Waals surface area contributed by atoms with Crippen LogP contribution in [0.3, 0.4) is 0 Å². The monoisotopic (exact) mass is 461 g/mol. The average molecular weight is 461 g/mol. The first-order chi connectivity index (χ1) is 16.3. The van der Waals surface area contributed by atoms with Gasteiger partial charge in [-0.25, -0.2) is 0 Å². The highest BCUT2D eigenvalue weighted by Gasteiger charge is 2.42. The zero-order valence-electron chi connectivity index (χ0n) is 18.4. The normalized spacial score (nSPS) is 14.0. The maximum absolute atomic E-state index is 13.1. The van der Waals surface area contributed by atoms with Crippen molar-refractivity contribution in [3.8, 4) is 11.5 Å². The molecule has 3 aromatic rings. The van der Waals surface area contributed by atoms with Crippen LogP contribution in [0.2, 0.25) is 0 Å². The van der Waals surface area contributed by atoms with Gasteiger partial charge >= 0.3 is 0 Å². The molecular weight excluding hydrogens is 442 g/mol. The van der Waals surface area contributed by atoms with E-state index in [1.54, 1.807) is 13.0 Å². The number of amides is 2. The molecule has 0 saturated carbocycles. The molecule has 5 rings (SSSR count). The Balaban J connectivity index is 1.39. The number of imide groups is 1. The van der Waals surface area contributed by atoms with Crippen molar-refractivity contribution in [3.05, 3.63) is 86.2 Å². The Kier molecular flexibility index (Phi) is 4.93. The van der Waals surface area contributed by atoms with E-state index >= 15 is 0 Å². The fraction of sp³-hybridized carbons (Fsp3) is 0.208. The summed E-state index contributed by atoms with van der Waals surface area (Å²) in [5, 5.41) is 11.3. The molecule has 0 atom stereocenters. The van der Waals surface area contributed by atoms with Crippen LogP contribution in [-0.4, -0.2) is 45.3 Å². The molecule has 0 saturated heterocycles. The number of nitro groups is 1. The van der Waals surface area contributed by atoms with E-state index in [2.05, 4.69) is 0 Å². The maximum atomic E-state index is 13.1. The van der Waals surface area contributed by atoms with Crippen molar-refractivity contribution in [2.45, 2.75) is 20.4 Å². The fourth-order valence-corrected chi connectivity index (χ4v) is 4.39. The Morgan fingerprint density at radius 2 is 1.82 bits per heavy atom. The lowest BCUT2D eigenvalue weighted by molar-refractivity contribution is -0.385. The van der Waals surface area contributed by atoms with E-state index in [9.17, 15) is 24.5 Å². The second-order valence-electron chi connectivity index (χ2n) is 8.13. The molecule has 0 N–H and O–H groups in total. The number of rotatable bonds is 6. The number of nitrogens with zero attached hydrogens (tertiary/aromatic N) is 3. The summed E-state index contributed by atoms with van der Waals surface area (Å²) in [7, 11) is 0. The summed E-state index contributed by atoms with van der Waals surface area (Å²) < 4.78 is 12.7. The van der Waals surface area contributed by atoms with Crippen LogP contribution in [0, 0.1) is 24.0 Å². The molecule has 2 aliphatic heterocycles. The van der Waals surface area contributed by atoms with E-state index in [4.69, 9.17) is 9.47 Å². The minimum absolute atomic E-state index is 0.0692. The molecule has 0 aliphatic carbocycles. The zero-order chi connectivity index (χ0) is 24.1. The van der Waals surface area contributed by atoms with E-state index in [1.165, 1.54) is 18.2 Å². The quantitative estimate of drug-likeness (QED) is 0.239. The molecule has 1 aromatic heterocycles. The number of aromatic nitrogens is 1. The van der Waals surface area contributed by atoms with Crippen molar-refractivity contribution in [1.29, 1.82) is 0 Å². The minimum Gasteiger partial charge on any atom is -0.454 e. The standard InChI is InChI=1S/C24H19N3O7/c1-13-8-17(14(2)25(13)10-15-6-7-20-21(9-15)34-12-33-20)19(28)11-26-23(29)16-4-3-5-18(27(31)32)22(16)24(26)30/h3-9H,10-12H2,1-2H3. The highest BCUT2D eigenvalue weighted by atomic mass is 16.7. The summed E-state index contributed by atoms with van der Waals surface area (Å²) in [6, 6.07) is 11.2. The van der Waals surface area contributed by atoms with Crippen LogP contribution in [0.5, 0.6) is 11.5 Å². The third-order valence-corrected chi connectivity index (χ3v) is 6.13. The molecule has 0 spiro atoms. The van der Waals surface area contributed by atoms with Crippen LogP contribution in [0.1, 0.15) is 48.0 Å². The van der Waals surface area contributed by atoms with Crippen LogP contribution in [0.25, 0.3) is 0 Å². The first-order valence-corrected chi connectivity index (χ1v) is 10.5. The van der Waals surface area contributed by atoms with Crippen molar-refractivity contribution in [2.24, 2.45) is 0 Å². The van der Waals surface area contributed by atoms with Gasteiger partial charge < -0.3 is 14.0 Å². The molecular formula is C24H19N3O7. The highest BCUT2D eigenvalue weighted by molar-refractivity contribution is 6.24. The Bertz CT molecular complexity index is 1410. The van der Waals surface area contributed by atoms with Crippen molar-refractivity contribution in [2.75, 3.05) is 13.3 Å². The smallest absolute Gasteiger partial charge is 0.282 e. The largest absolute Gasteiger partial charge is 0.454 e. The van der Waals surface area contributed by atoms with Gasteiger partial charge in [-0.3, -0.25) is 29.4 Å². The highest BCUT2D eigenvalue weighted by Crippen LogP contribution is 2.33. The number of aryl methyl sites for hydroxylation is 1. The average Bonchev–Trinajstić information content (AvgIpc) is 3.46. The first kappa shape index (κ1) is 21.4. The van der Waals surface area contributed by atoms with E-state index in [-0.39, 0.29) is 17.9 Å². The lowest BCUT2D eigenvalue weighted by atomic mass is 10.1. The number of carbonyl (C=O) groups is 3. The summed E-state index contributed by atoms with van der Waals surface area (Å²) in [6.45, 7) is 3.82. The number of ether oxygens (including phenoxy) is 2. The predicted octanol–water partition coefficient (Wildman–Crippen LogP) is 3.27. The van der Waals surface area contributed by atoms with Crippen molar-refractivity contribution >= 4 is 23.3 Å². The van der Waals surface area contributed by atoms with Gasteiger partial charge in [-0.2, -0.15) is 0 Å². The number of hydrogen-bond donors (Lipinski definition) is 0. The van der Waals surface area contributed by atoms with Gasteiger partial charge in [0, 0.05) is 29.6 Å². The van der Waals surface area contributed by atoms with Gasteiger partial charge in [0.2, 0.25) is 6.79 Å². The Hall–Kier alpha value is -4.47. The van der Waals surface area contributed by atoms with Crippen LogP contribution < -0.4 is 9.47 Å². The van der Waals surface area contributed by atoms with E-state index < -0.39 is 34.8 Å². The van der Waals surface area contributed by atoms with Crippen molar-refractivity contribution < 1.29 is 28.8 Å². The van der Waals surface area contributed by atoms with Crippen LogP contribution >= 0.6 is 0 Å². The number of nitro benzene ring substituents is 1. The summed E-state index contributed by atoms with van der Waals surface area (Å²) in [4.78, 5) is 50.0. The molecule has 0 fully saturated rings. The molecule has 0 radical (unpaired) electrons. The van der Waals surface area contributed by atoms with Gasteiger partial charge in [0.1, 0.15) is 5.56 Å². The molecule has 34 heavy (non-hydrogen) atoms. The Morgan fingerprint density at radius 3 is 2.59 bits per heavy atom. The molecule has 3 heterocycles. The van der Waals surface area contributed by atoms with Gasteiger partial charge in [-0.15, -0.1) is 0 Å². The number of Topliss-reactive ketones (excluding diaryl/α,β-unsaturated/α-hetero) is 1. The summed E-state index contributed by atoms with van der Waals surface area (Å²) in [6.07, 6.45) is 0. The SMILES string of the molecule is Cc1cc(C(=O)CN2C(=O)c3cccc([N+](=O)[O-])c3C2=O)c(C)n1Cc1ccc2c(c1)OCO2. The molecule has 0 bridgehead atoms. The zero-order valence-corrected chi connectivity index (χ0v) is 18.4. The Labute approximate surface area is 193 Å². The van der Waals surface area contributed by atoms with Crippen LogP contribution in [-0.2, 0) is 6.54 Å². The van der Waals surface area contributed by atoms with Crippen LogP contribution in [0.4, 0.5) is 5.69 Å². The maximum Gasteiger partial charge on any atom is 0.282 e. The molecule has 172 valence electrons. The van der Waals surface area contributed by atoms with Gasteiger partial charge in [-0.05, 0) is 43.7 Å². The first-order valence-electron chi connectivity index (χ1n) is 10.5. The van der Waals surface area contributed by atoms with Gasteiger partial charge in [0.05, 0.1) is 17.0 Å².